The van der Waals surface area contributed by atoms with Gasteiger partial charge in [-0.3, -0.25) is 14.2 Å². The number of nitriles is 1. The lowest BCUT2D eigenvalue weighted by molar-refractivity contribution is 0.0790. The summed E-state index contributed by atoms with van der Waals surface area (Å²) in [5.41, 5.74) is 5.95. The number of amides is 1. The van der Waals surface area contributed by atoms with E-state index in [1.54, 1.807) is 4.90 Å². The number of hydrogen-bond acceptors (Lipinski definition) is 5. The third-order valence-corrected chi connectivity index (χ3v) is 7.88. The smallest absolute Gasteiger partial charge is 0.253 e. The van der Waals surface area contributed by atoms with E-state index in [1.165, 1.54) is 5.56 Å². The second-order valence-electron chi connectivity index (χ2n) is 10.1. The van der Waals surface area contributed by atoms with Gasteiger partial charge in [0.2, 0.25) is 5.78 Å². The van der Waals surface area contributed by atoms with E-state index in [1.807, 2.05) is 48.9 Å². The van der Waals surface area contributed by atoms with Crippen molar-refractivity contribution in [2.24, 2.45) is 5.92 Å². The average molecular weight is 485 g/mol. The van der Waals surface area contributed by atoms with E-state index in [2.05, 4.69) is 55.9 Å². The molecule has 2 fully saturated rings. The third kappa shape index (κ3) is 3.56. The largest absolute Gasteiger partial charge is 0.337 e. The zero-order chi connectivity index (χ0) is 25.0. The lowest BCUT2D eigenvalue weighted by Crippen LogP contribution is -2.28. The molecule has 1 amide bonds. The predicted molar refractivity (Wildman–Crippen MR) is 140 cm³/mol. The van der Waals surface area contributed by atoms with Crippen LogP contribution in [0.15, 0.2) is 79.4 Å². The van der Waals surface area contributed by atoms with Gasteiger partial charge in [0.05, 0.1) is 29.4 Å². The van der Waals surface area contributed by atoms with Crippen LogP contribution in [-0.4, -0.2) is 43.2 Å². The van der Waals surface area contributed by atoms with Crippen LogP contribution >= 0.6 is 0 Å². The third-order valence-electron chi connectivity index (χ3n) is 7.88. The number of nitrogens with zero attached hydrogens (tertiary/aromatic N) is 6. The molecular weight excluding hydrogens is 460 g/mol. The lowest BCUT2D eigenvalue weighted by atomic mass is 9.91. The van der Waals surface area contributed by atoms with Crippen LogP contribution in [0.1, 0.15) is 40.9 Å². The minimum Gasteiger partial charge on any atom is -0.337 e. The van der Waals surface area contributed by atoms with Crippen LogP contribution in [-0.2, 0) is 5.41 Å². The molecule has 4 heterocycles. The number of fused-ring (bicyclic) bond motifs is 2. The Labute approximate surface area is 214 Å². The summed E-state index contributed by atoms with van der Waals surface area (Å²) < 4.78 is 2.11. The van der Waals surface area contributed by atoms with Crippen LogP contribution in [0.5, 0.6) is 0 Å². The van der Waals surface area contributed by atoms with Crippen LogP contribution in [0.3, 0.4) is 0 Å². The number of pyridine rings is 1. The SMILES string of the molecule is N#CC1CCN(C(=O)c2ccc(-c3cnc4ncc(C5(c6ccc7ncccc7c6)CC5)n4c3)cc2)C1. The van der Waals surface area contributed by atoms with E-state index < -0.39 is 0 Å². The number of hydrogen-bond donors (Lipinski definition) is 0. The second kappa shape index (κ2) is 8.24. The first-order valence-electron chi connectivity index (χ1n) is 12.6. The standard InChI is InChI=1S/C30H24N6O/c31-15-20-9-13-35(18-20)28(37)22-5-3-21(4-6-22)24-16-33-29-34-17-27(36(29)19-24)30(10-11-30)25-7-8-26-23(14-25)2-1-12-32-26/h1-8,12,14,16-17,19-20H,9-11,13,18H2. The van der Waals surface area contributed by atoms with E-state index in [9.17, 15) is 4.79 Å². The molecule has 5 aromatic rings. The summed E-state index contributed by atoms with van der Waals surface area (Å²) in [5.74, 6) is 0.600. The summed E-state index contributed by atoms with van der Waals surface area (Å²) in [5, 5.41) is 10.3. The highest BCUT2D eigenvalue weighted by molar-refractivity contribution is 5.95. The van der Waals surface area contributed by atoms with Crippen molar-refractivity contribution in [2.75, 3.05) is 13.1 Å². The number of imidazole rings is 1. The lowest BCUT2D eigenvalue weighted by Gasteiger charge is -2.17. The summed E-state index contributed by atoms with van der Waals surface area (Å²) in [7, 11) is 0. The number of likely N-dealkylation sites (tertiary alicyclic amines) is 1. The highest BCUT2D eigenvalue weighted by Gasteiger charge is 2.48. The van der Waals surface area contributed by atoms with Gasteiger partial charge < -0.3 is 4.90 Å². The quantitative estimate of drug-likeness (QED) is 0.358. The Balaban J connectivity index is 1.21. The minimum absolute atomic E-state index is 0.0176. The molecule has 3 aromatic heterocycles. The van der Waals surface area contributed by atoms with Crippen molar-refractivity contribution in [1.82, 2.24) is 24.3 Å². The van der Waals surface area contributed by atoms with Crippen molar-refractivity contribution in [3.8, 4) is 17.2 Å². The number of aromatic nitrogens is 4. The Kier molecular flexibility index (Phi) is 4.83. The first kappa shape index (κ1) is 21.7. The van der Waals surface area contributed by atoms with E-state index >= 15 is 0 Å². The molecule has 1 atom stereocenters. The van der Waals surface area contributed by atoms with Gasteiger partial charge >= 0.3 is 0 Å². The molecular formula is C30H24N6O. The van der Waals surface area contributed by atoms with Crippen LogP contribution in [0.4, 0.5) is 0 Å². The van der Waals surface area contributed by atoms with Gasteiger partial charge in [-0.25, -0.2) is 9.97 Å². The van der Waals surface area contributed by atoms with Crippen molar-refractivity contribution in [1.29, 1.82) is 5.26 Å². The Bertz CT molecular complexity index is 1710. The fraction of sp³-hybridized carbons (Fsp3) is 0.233. The van der Waals surface area contributed by atoms with Crippen molar-refractivity contribution in [3.63, 3.8) is 0 Å². The zero-order valence-electron chi connectivity index (χ0n) is 20.2. The number of benzene rings is 2. The maximum atomic E-state index is 12.9. The molecule has 0 bridgehead atoms. The molecule has 2 aliphatic rings. The summed E-state index contributed by atoms with van der Waals surface area (Å²) in [4.78, 5) is 28.3. The molecule has 0 N–H and O–H groups in total. The Morgan fingerprint density at radius 3 is 2.62 bits per heavy atom. The second-order valence-corrected chi connectivity index (χ2v) is 10.1. The van der Waals surface area contributed by atoms with Gasteiger partial charge in [0.1, 0.15) is 0 Å². The molecule has 1 aliphatic carbocycles. The molecule has 1 saturated heterocycles. The average Bonchev–Trinajstić information content (AvgIpc) is 3.41. The molecule has 0 radical (unpaired) electrons. The number of rotatable bonds is 4. The monoisotopic (exact) mass is 484 g/mol. The summed E-state index contributed by atoms with van der Waals surface area (Å²) in [6.45, 7) is 1.15. The molecule has 0 spiro atoms. The number of carbonyl (C=O) groups excluding carboxylic acids is 1. The van der Waals surface area contributed by atoms with E-state index in [0.717, 1.165) is 47.0 Å². The predicted octanol–water partition coefficient (Wildman–Crippen LogP) is 5.01. The topological polar surface area (TPSA) is 87.2 Å². The molecule has 1 saturated carbocycles. The Morgan fingerprint density at radius 1 is 1.00 bits per heavy atom. The first-order valence-corrected chi connectivity index (χ1v) is 12.6. The summed E-state index contributed by atoms with van der Waals surface area (Å²) in [6, 6.07) is 20.5. The summed E-state index contributed by atoms with van der Waals surface area (Å²) in [6.07, 6.45) is 10.6. The number of carbonyl (C=O) groups is 1. The van der Waals surface area contributed by atoms with Gasteiger partial charge in [0, 0.05) is 53.6 Å². The van der Waals surface area contributed by atoms with Crippen molar-refractivity contribution >= 4 is 22.6 Å². The maximum Gasteiger partial charge on any atom is 0.253 e. The minimum atomic E-state index is -0.0724. The fourth-order valence-corrected chi connectivity index (χ4v) is 5.61. The molecule has 1 aliphatic heterocycles. The zero-order valence-corrected chi connectivity index (χ0v) is 20.2. The van der Waals surface area contributed by atoms with Gasteiger partial charge in [-0.15, -0.1) is 0 Å². The van der Waals surface area contributed by atoms with Gasteiger partial charge in [-0.1, -0.05) is 24.3 Å². The van der Waals surface area contributed by atoms with Crippen LogP contribution in [0.2, 0.25) is 0 Å². The molecule has 7 rings (SSSR count). The molecule has 1 unspecified atom stereocenters. The van der Waals surface area contributed by atoms with E-state index in [4.69, 9.17) is 5.26 Å². The van der Waals surface area contributed by atoms with Crippen LogP contribution < -0.4 is 0 Å². The van der Waals surface area contributed by atoms with E-state index in [-0.39, 0.29) is 17.2 Å². The van der Waals surface area contributed by atoms with Crippen LogP contribution in [0, 0.1) is 17.2 Å². The normalized spacial score (nSPS) is 18.2. The van der Waals surface area contributed by atoms with Crippen LogP contribution in [0.25, 0.3) is 27.8 Å². The van der Waals surface area contributed by atoms with Crippen molar-refractivity contribution in [2.45, 2.75) is 24.7 Å². The summed E-state index contributed by atoms with van der Waals surface area (Å²) >= 11 is 0. The van der Waals surface area contributed by atoms with Gasteiger partial charge in [-0.05, 0) is 60.7 Å². The first-order chi connectivity index (χ1) is 18.1. The van der Waals surface area contributed by atoms with Gasteiger partial charge in [0.25, 0.3) is 5.91 Å². The maximum absolute atomic E-state index is 12.9. The molecule has 2 aromatic carbocycles. The molecule has 7 heteroatoms. The van der Waals surface area contributed by atoms with Gasteiger partial charge in [0.15, 0.2) is 0 Å². The molecule has 7 nitrogen and oxygen atoms in total. The van der Waals surface area contributed by atoms with Crippen molar-refractivity contribution < 1.29 is 4.79 Å². The fourth-order valence-electron chi connectivity index (χ4n) is 5.61. The molecule has 37 heavy (non-hydrogen) atoms. The van der Waals surface area contributed by atoms with E-state index in [0.29, 0.717) is 24.4 Å². The van der Waals surface area contributed by atoms with Crippen molar-refractivity contribution in [3.05, 3.63) is 96.2 Å². The Hall–Kier alpha value is -4.57. The highest BCUT2D eigenvalue weighted by atomic mass is 16.2. The highest BCUT2D eigenvalue weighted by Crippen LogP contribution is 2.53. The molecule has 180 valence electrons. The Morgan fingerprint density at radius 2 is 1.84 bits per heavy atom. The van der Waals surface area contributed by atoms with Gasteiger partial charge in [-0.2, -0.15) is 5.26 Å².